The molecule has 4 rings (SSSR count). The summed E-state index contributed by atoms with van der Waals surface area (Å²) in [7, 11) is 3.17. The fraction of sp³-hybridized carbons (Fsp3) is 0.188. The average Bonchev–Trinajstić information content (AvgIpc) is 3.04. The van der Waals surface area contributed by atoms with Gasteiger partial charge in [-0.25, -0.2) is 14.6 Å². The smallest absolute Gasteiger partial charge is 0.475 e. The van der Waals surface area contributed by atoms with E-state index >= 15 is 0 Å². The van der Waals surface area contributed by atoms with Crippen molar-refractivity contribution in [2.24, 2.45) is 0 Å². The summed E-state index contributed by atoms with van der Waals surface area (Å²) in [6.45, 7) is 2.12. The van der Waals surface area contributed by atoms with Gasteiger partial charge in [-0.1, -0.05) is 5.92 Å². The lowest BCUT2D eigenvalue weighted by Gasteiger charge is -2.16. The maximum absolute atomic E-state index is 12.6. The van der Waals surface area contributed by atoms with Crippen molar-refractivity contribution in [3.8, 4) is 23.3 Å². The van der Waals surface area contributed by atoms with Gasteiger partial charge in [0.05, 0.1) is 5.52 Å². The minimum Gasteiger partial charge on any atom is -0.475 e. The fourth-order valence-electron chi connectivity index (χ4n) is 3.39. The van der Waals surface area contributed by atoms with Gasteiger partial charge < -0.3 is 29.9 Å². The molecule has 0 aliphatic rings. The van der Waals surface area contributed by atoms with Crippen LogP contribution in [0.5, 0.6) is 11.5 Å². The molecule has 2 aromatic carbocycles. The second-order valence-electron chi connectivity index (χ2n) is 9.51. The van der Waals surface area contributed by atoms with E-state index in [0.29, 0.717) is 34.1 Å². The number of alkyl halides is 6. The molecule has 0 aliphatic heterocycles. The number of hydrogen-bond donors (Lipinski definition) is 3. The lowest BCUT2D eigenvalue weighted by atomic mass is 10.1. The van der Waals surface area contributed by atoms with Crippen molar-refractivity contribution in [3.05, 3.63) is 84.2 Å². The van der Waals surface area contributed by atoms with Gasteiger partial charge in [-0.2, -0.15) is 26.3 Å². The van der Waals surface area contributed by atoms with E-state index in [2.05, 4.69) is 27.1 Å². The first-order chi connectivity index (χ1) is 23.3. The van der Waals surface area contributed by atoms with Gasteiger partial charge in [-0.05, 0) is 79.1 Å². The van der Waals surface area contributed by atoms with Gasteiger partial charge in [-0.15, -0.1) is 0 Å². The molecule has 0 atom stereocenters. The molecular formula is C32H26F6N4O8. The average molecular weight is 709 g/mol. The molecule has 0 radical (unpaired) electrons. The van der Waals surface area contributed by atoms with E-state index in [1.165, 1.54) is 12.0 Å². The standard InChI is InChI=1S/C28H24N4O4.2C2HF3O2/c1-19-12-14-30-26(17-19)31-28(34)20-6-9-22(10-7-20)36-25-13-15-29-24-11-8-21(18-23(24)25)32(2)27(33)5-4-16-35-3;2*3-2(4,5)1(6)7/h6-15,17-18H,16H2,1-3H3,(H,30,31,34);2*(H,6,7). The number of amides is 2. The quantitative estimate of drug-likeness (QED) is 0.163. The largest absolute Gasteiger partial charge is 0.490 e. The highest BCUT2D eigenvalue weighted by atomic mass is 19.4. The molecule has 0 saturated heterocycles. The Hall–Kier alpha value is -6.22. The summed E-state index contributed by atoms with van der Waals surface area (Å²) in [6, 6.07) is 17.6. The first-order valence-corrected chi connectivity index (χ1v) is 13.6. The van der Waals surface area contributed by atoms with Crippen LogP contribution < -0.4 is 15.0 Å². The lowest BCUT2D eigenvalue weighted by molar-refractivity contribution is -0.193. The van der Waals surface area contributed by atoms with E-state index in [0.717, 1.165) is 10.9 Å². The van der Waals surface area contributed by atoms with E-state index in [9.17, 15) is 35.9 Å². The molecule has 0 bridgehead atoms. The summed E-state index contributed by atoms with van der Waals surface area (Å²) in [5.41, 5.74) is 2.84. The maximum Gasteiger partial charge on any atom is 0.490 e. The minimum absolute atomic E-state index is 0.183. The summed E-state index contributed by atoms with van der Waals surface area (Å²) >= 11 is 0. The number of aryl methyl sites for hydroxylation is 1. The van der Waals surface area contributed by atoms with Crippen molar-refractivity contribution in [1.82, 2.24) is 9.97 Å². The number of carboxylic acid groups (broad SMARTS) is 2. The number of benzene rings is 2. The second kappa shape index (κ2) is 17.8. The zero-order valence-electron chi connectivity index (χ0n) is 26.1. The Morgan fingerprint density at radius 3 is 1.98 bits per heavy atom. The molecule has 0 unspecified atom stereocenters. The molecule has 0 saturated carbocycles. The molecule has 0 spiro atoms. The van der Waals surface area contributed by atoms with Crippen LogP contribution in [0.2, 0.25) is 0 Å². The van der Waals surface area contributed by atoms with Gasteiger partial charge in [-0.3, -0.25) is 14.6 Å². The topological polar surface area (TPSA) is 168 Å². The number of carbonyl (C=O) groups excluding carboxylic acids is 2. The normalized spacial score (nSPS) is 10.6. The number of carboxylic acids is 2. The highest BCUT2D eigenvalue weighted by Crippen LogP contribution is 2.31. The zero-order valence-corrected chi connectivity index (χ0v) is 26.1. The summed E-state index contributed by atoms with van der Waals surface area (Å²) in [6.07, 6.45) is -6.87. The lowest BCUT2D eigenvalue weighted by Crippen LogP contribution is -2.24. The third-order valence-corrected chi connectivity index (χ3v) is 5.78. The van der Waals surface area contributed by atoms with Crippen LogP contribution in [0.25, 0.3) is 10.9 Å². The van der Waals surface area contributed by atoms with E-state index in [-0.39, 0.29) is 18.4 Å². The number of ether oxygens (including phenoxy) is 2. The number of nitrogens with zero attached hydrogens (tertiary/aromatic N) is 3. The van der Waals surface area contributed by atoms with Crippen molar-refractivity contribution in [2.45, 2.75) is 19.3 Å². The molecule has 12 nitrogen and oxygen atoms in total. The third-order valence-electron chi connectivity index (χ3n) is 5.78. The Morgan fingerprint density at radius 2 is 1.44 bits per heavy atom. The number of rotatable bonds is 6. The zero-order chi connectivity index (χ0) is 37.6. The molecule has 2 aromatic heterocycles. The van der Waals surface area contributed by atoms with Crippen molar-refractivity contribution in [2.75, 3.05) is 31.0 Å². The van der Waals surface area contributed by atoms with Gasteiger partial charge in [0.2, 0.25) is 0 Å². The van der Waals surface area contributed by atoms with Crippen molar-refractivity contribution < 1.29 is 65.2 Å². The van der Waals surface area contributed by atoms with Gasteiger partial charge in [0.25, 0.3) is 5.91 Å². The van der Waals surface area contributed by atoms with Crippen LogP contribution in [-0.2, 0) is 19.1 Å². The molecule has 264 valence electrons. The van der Waals surface area contributed by atoms with Crippen LogP contribution in [0.15, 0.2) is 73.1 Å². The molecule has 2 heterocycles. The SMILES string of the molecule is COCC#CC(=O)N(C)c1ccc2nccc(Oc3ccc(C(=O)Nc4cc(C)ccn4)cc3)c2c1.O=C(O)C(F)(F)F.O=C(O)C(F)(F)F. The number of halogens is 6. The van der Waals surface area contributed by atoms with Gasteiger partial charge in [0.1, 0.15) is 23.9 Å². The minimum atomic E-state index is -5.08. The van der Waals surface area contributed by atoms with Crippen LogP contribution >= 0.6 is 0 Å². The predicted octanol–water partition coefficient (Wildman–Crippen LogP) is 5.86. The Balaban J connectivity index is 0.000000521. The van der Waals surface area contributed by atoms with Crippen molar-refractivity contribution in [3.63, 3.8) is 0 Å². The number of pyridine rings is 2. The van der Waals surface area contributed by atoms with Crippen molar-refractivity contribution >= 4 is 46.2 Å². The van der Waals surface area contributed by atoms with E-state index < -0.39 is 24.3 Å². The van der Waals surface area contributed by atoms with Crippen LogP contribution in [0.1, 0.15) is 15.9 Å². The Labute approximate surface area is 279 Å². The summed E-state index contributed by atoms with van der Waals surface area (Å²) in [5, 5.41) is 17.8. The molecule has 2 amide bonds. The maximum atomic E-state index is 12.6. The fourth-order valence-corrected chi connectivity index (χ4v) is 3.39. The van der Waals surface area contributed by atoms with Crippen LogP contribution in [0.3, 0.4) is 0 Å². The number of methoxy groups -OCH3 is 1. The predicted molar refractivity (Wildman–Crippen MR) is 166 cm³/mol. The summed E-state index contributed by atoms with van der Waals surface area (Å²) in [5.74, 6) is 0.682. The molecule has 18 heteroatoms. The van der Waals surface area contributed by atoms with Crippen LogP contribution in [0.4, 0.5) is 37.8 Å². The number of nitrogens with one attached hydrogen (secondary N) is 1. The van der Waals surface area contributed by atoms with E-state index in [1.54, 1.807) is 61.9 Å². The highest BCUT2D eigenvalue weighted by Gasteiger charge is 2.38. The Kier molecular flexibility index (Phi) is 14.2. The Bertz CT molecular complexity index is 1860. The van der Waals surface area contributed by atoms with Gasteiger partial charge in [0.15, 0.2) is 0 Å². The molecule has 3 N–H and O–H groups in total. The molecule has 50 heavy (non-hydrogen) atoms. The first-order valence-electron chi connectivity index (χ1n) is 13.6. The molecule has 4 aromatic rings. The summed E-state index contributed by atoms with van der Waals surface area (Å²) in [4.78, 5) is 52.7. The number of aliphatic carboxylic acids is 2. The van der Waals surface area contributed by atoms with Crippen LogP contribution in [0, 0.1) is 18.8 Å². The third kappa shape index (κ3) is 12.8. The molecule has 0 fully saturated rings. The highest BCUT2D eigenvalue weighted by molar-refractivity contribution is 6.06. The number of carbonyl (C=O) groups is 4. The van der Waals surface area contributed by atoms with Gasteiger partial charge in [0, 0.05) is 43.2 Å². The first kappa shape index (κ1) is 40.0. The number of aromatic nitrogens is 2. The van der Waals surface area contributed by atoms with E-state index in [1.807, 2.05) is 25.1 Å². The monoisotopic (exact) mass is 708 g/mol. The number of fused-ring (bicyclic) bond motifs is 1. The summed E-state index contributed by atoms with van der Waals surface area (Å²) < 4.78 is 74.4. The molecule has 0 aliphatic carbocycles. The van der Waals surface area contributed by atoms with Crippen LogP contribution in [-0.4, -0.2) is 77.1 Å². The number of hydrogen-bond acceptors (Lipinski definition) is 8. The van der Waals surface area contributed by atoms with Gasteiger partial charge >= 0.3 is 30.2 Å². The Morgan fingerprint density at radius 1 is 0.860 bits per heavy atom. The number of anilines is 2. The molecular weight excluding hydrogens is 682 g/mol. The van der Waals surface area contributed by atoms with E-state index in [4.69, 9.17) is 29.3 Å². The van der Waals surface area contributed by atoms with Crippen molar-refractivity contribution in [1.29, 1.82) is 0 Å². The second-order valence-corrected chi connectivity index (χ2v) is 9.51.